The predicted molar refractivity (Wildman–Crippen MR) is 64.6 cm³/mol. The maximum absolute atomic E-state index is 10.8. The van der Waals surface area contributed by atoms with E-state index < -0.39 is 12.0 Å². The van der Waals surface area contributed by atoms with E-state index in [4.69, 9.17) is 26.7 Å². The number of ether oxygens (including phenoxy) is 1. The Morgan fingerprint density at radius 3 is 2.94 bits per heavy atom. The van der Waals surface area contributed by atoms with E-state index in [-0.39, 0.29) is 6.10 Å². The van der Waals surface area contributed by atoms with E-state index in [0.29, 0.717) is 29.3 Å². The number of aliphatic carboxylic acids is 1. The molecular formula is C12H11ClN2O3. The second-order valence-electron chi connectivity index (χ2n) is 4.03. The lowest BCUT2D eigenvalue weighted by Crippen LogP contribution is -2.30. The van der Waals surface area contributed by atoms with E-state index in [0.717, 1.165) is 0 Å². The average molecular weight is 267 g/mol. The molecule has 0 radical (unpaired) electrons. The summed E-state index contributed by atoms with van der Waals surface area (Å²) in [5, 5.41) is 20.8. The fraction of sp³-hybridized carbons (Fsp3) is 0.333. The van der Waals surface area contributed by atoms with Crippen LogP contribution in [0.25, 0.3) is 0 Å². The standard InChI is InChI=1S/C12H11ClN2O3/c13-10-3-8(2-1-7(10)5-14)18-9-4-11(12(16)17)15-6-9/h1-3,9,11,15H,4,6H2,(H,16,17). The number of carboxylic acid groups (broad SMARTS) is 1. The minimum atomic E-state index is -0.876. The largest absolute Gasteiger partial charge is 0.489 e. The van der Waals surface area contributed by atoms with Crippen molar-refractivity contribution < 1.29 is 14.6 Å². The van der Waals surface area contributed by atoms with Crippen LogP contribution in [0, 0.1) is 11.3 Å². The Labute approximate surface area is 109 Å². The van der Waals surface area contributed by atoms with Crippen molar-refractivity contribution in [2.75, 3.05) is 6.54 Å². The zero-order valence-corrected chi connectivity index (χ0v) is 10.1. The highest BCUT2D eigenvalue weighted by Crippen LogP contribution is 2.24. The highest BCUT2D eigenvalue weighted by Gasteiger charge is 2.30. The lowest BCUT2D eigenvalue weighted by Gasteiger charge is -2.12. The van der Waals surface area contributed by atoms with Gasteiger partial charge in [-0.2, -0.15) is 5.26 Å². The van der Waals surface area contributed by atoms with Crippen LogP contribution in [-0.4, -0.2) is 29.8 Å². The number of carbonyl (C=O) groups is 1. The van der Waals surface area contributed by atoms with Gasteiger partial charge in [0.25, 0.3) is 0 Å². The summed E-state index contributed by atoms with van der Waals surface area (Å²) in [6, 6.07) is 6.19. The van der Waals surface area contributed by atoms with Crippen LogP contribution in [0.15, 0.2) is 18.2 Å². The van der Waals surface area contributed by atoms with Gasteiger partial charge in [0, 0.05) is 19.0 Å². The first kappa shape index (κ1) is 12.7. The molecule has 1 aromatic carbocycles. The van der Waals surface area contributed by atoms with Crippen molar-refractivity contribution in [1.29, 1.82) is 5.26 Å². The highest BCUT2D eigenvalue weighted by atomic mass is 35.5. The molecule has 6 heteroatoms. The van der Waals surface area contributed by atoms with Gasteiger partial charge in [0.15, 0.2) is 0 Å². The van der Waals surface area contributed by atoms with E-state index in [9.17, 15) is 4.79 Å². The molecule has 2 rings (SSSR count). The van der Waals surface area contributed by atoms with Crippen LogP contribution >= 0.6 is 11.6 Å². The Balaban J connectivity index is 2.01. The molecule has 0 bridgehead atoms. The van der Waals surface area contributed by atoms with Crippen LogP contribution in [0.5, 0.6) is 5.75 Å². The smallest absolute Gasteiger partial charge is 0.320 e. The molecule has 94 valence electrons. The number of hydrogen-bond acceptors (Lipinski definition) is 4. The van der Waals surface area contributed by atoms with Gasteiger partial charge in [-0.15, -0.1) is 0 Å². The summed E-state index contributed by atoms with van der Waals surface area (Å²) in [7, 11) is 0. The number of nitrogens with zero attached hydrogens (tertiary/aromatic N) is 1. The van der Waals surface area contributed by atoms with Crippen molar-refractivity contribution in [2.45, 2.75) is 18.6 Å². The molecule has 0 saturated carbocycles. The third-order valence-electron chi connectivity index (χ3n) is 2.75. The quantitative estimate of drug-likeness (QED) is 0.864. The SMILES string of the molecule is N#Cc1ccc(OC2CNC(C(=O)O)C2)cc1Cl. The van der Waals surface area contributed by atoms with Gasteiger partial charge in [0.1, 0.15) is 24.0 Å². The van der Waals surface area contributed by atoms with E-state index in [1.54, 1.807) is 18.2 Å². The number of benzene rings is 1. The van der Waals surface area contributed by atoms with Crippen LogP contribution in [-0.2, 0) is 4.79 Å². The number of nitrogens with one attached hydrogen (secondary N) is 1. The average Bonchev–Trinajstić information content (AvgIpc) is 2.78. The van der Waals surface area contributed by atoms with Gasteiger partial charge in [-0.3, -0.25) is 4.79 Å². The molecule has 18 heavy (non-hydrogen) atoms. The first-order valence-electron chi connectivity index (χ1n) is 5.42. The van der Waals surface area contributed by atoms with E-state index in [2.05, 4.69) is 5.32 Å². The van der Waals surface area contributed by atoms with Crippen molar-refractivity contribution in [1.82, 2.24) is 5.32 Å². The number of nitriles is 1. The normalized spacial score (nSPS) is 22.4. The summed E-state index contributed by atoms with van der Waals surface area (Å²) in [6.07, 6.45) is 0.211. The molecule has 1 saturated heterocycles. The molecule has 1 aliphatic heterocycles. The summed E-state index contributed by atoms with van der Waals surface area (Å²) < 4.78 is 5.62. The van der Waals surface area contributed by atoms with Crippen LogP contribution in [0.1, 0.15) is 12.0 Å². The van der Waals surface area contributed by atoms with Crippen LogP contribution in [0.2, 0.25) is 5.02 Å². The maximum atomic E-state index is 10.8. The maximum Gasteiger partial charge on any atom is 0.320 e. The zero-order valence-electron chi connectivity index (χ0n) is 9.39. The minimum absolute atomic E-state index is 0.199. The molecule has 1 aromatic rings. The molecular weight excluding hydrogens is 256 g/mol. The van der Waals surface area contributed by atoms with Crippen molar-refractivity contribution in [3.05, 3.63) is 28.8 Å². The zero-order chi connectivity index (χ0) is 13.1. The van der Waals surface area contributed by atoms with Crippen molar-refractivity contribution in [3.63, 3.8) is 0 Å². The van der Waals surface area contributed by atoms with Gasteiger partial charge in [-0.1, -0.05) is 11.6 Å². The van der Waals surface area contributed by atoms with Crippen LogP contribution in [0.4, 0.5) is 0 Å². The molecule has 5 nitrogen and oxygen atoms in total. The summed E-state index contributed by atoms with van der Waals surface area (Å²) in [4.78, 5) is 10.8. The summed E-state index contributed by atoms with van der Waals surface area (Å²) in [5.41, 5.74) is 0.386. The van der Waals surface area contributed by atoms with Crippen molar-refractivity contribution in [2.24, 2.45) is 0 Å². The summed E-state index contributed by atoms with van der Waals surface area (Å²) in [5.74, 6) is -0.337. The van der Waals surface area contributed by atoms with E-state index in [1.165, 1.54) is 0 Å². The molecule has 2 N–H and O–H groups in total. The van der Waals surface area contributed by atoms with Gasteiger partial charge in [0.05, 0.1) is 10.6 Å². The number of hydrogen-bond donors (Lipinski definition) is 2. The lowest BCUT2D eigenvalue weighted by atomic mass is 10.2. The Bertz CT molecular complexity index is 513. The molecule has 1 aliphatic rings. The fourth-order valence-electron chi connectivity index (χ4n) is 1.83. The summed E-state index contributed by atoms with van der Waals surface area (Å²) in [6.45, 7) is 0.481. The van der Waals surface area contributed by atoms with Gasteiger partial charge in [0.2, 0.25) is 0 Å². The van der Waals surface area contributed by atoms with Gasteiger partial charge in [-0.05, 0) is 12.1 Å². The topological polar surface area (TPSA) is 82.3 Å². The molecule has 0 amide bonds. The summed E-state index contributed by atoms with van der Waals surface area (Å²) >= 11 is 5.88. The number of halogens is 1. The second kappa shape index (κ2) is 5.25. The predicted octanol–water partition coefficient (Wildman–Crippen LogP) is 1.41. The first-order chi connectivity index (χ1) is 8.60. The lowest BCUT2D eigenvalue weighted by molar-refractivity contribution is -0.139. The Morgan fingerprint density at radius 1 is 1.61 bits per heavy atom. The molecule has 0 aromatic heterocycles. The Morgan fingerprint density at radius 2 is 2.39 bits per heavy atom. The van der Waals surface area contributed by atoms with Gasteiger partial charge < -0.3 is 15.2 Å². The molecule has 0 aliphatic carbocycles. The van der Waals surface area contributed by atoms with Crippen LogP contribution in [0.3, 0.4) is 0 Å². The Kier molecular flexibility index (Phi) is 3.70. The monoisotopic (exact) mass is 266 g/mol. The van der Waals surface area contributed by atoms with Gasteiger partial charge in [-0.25, -0.2) is 0 Å². The number of rotatable bonds is 3. The van der Waals surface area contributed by atoms with E-state index >= 15 is 0 Å². The number of carboxylic acids is 1. The van der Waals surface area contributed by atoms with Crippen molar-refractivity contribution >= 4 is 17.6 Å². The minimum Gasteiger partial charge on any atom is -0.489 e. The third kappa shape index (κ3) is 2.73. The van der Waals surface area contributed by atoms with Crippen molar-refractivity contribution in [3.8, 4) is 11.8 Å². The molecule has 2 atom stereocenters. The first-order valence-corrected chi connectivity index (χ1v) is 5.80. The molecule has 0 spiro atoms. The third-order valence-corrected chi connectivity index (χ3v) is 3.07. The molecule has 1 heterocycles. The van der Waals surface area contributed by atoms with E-state index in [1.807, 2.05) is 6.07 Å². The molecule has 2 unspecified atom stereocenters. The Hall–Kier alpha value is -1.77. The molecule has 1 fully saturated rings. The highest BCUT2D eigenvalue weighted by molar-refractivity contribution is 6.31. The van der Waals surface area contributed by atoms with Crippen LogP contribution < -0.4 is 10.1 Å². The van der Waals surface area contributed by atoms with Gasteiger partial charge >= 0.3 is 5.97 Å². The second-order valence-corrected chi connectivity index (χ2v) is 4.44. The fourth-order valence-corrected chi connectivity index (χ4v) is 2.05.